The van der Waals surface area contributed by atoms with E-state index in [1.54, 1.807) is 36.4 Å². The molecule has 3 rings (SSSR count). The summed E-state index contributed by atoms with van der Waals surface area (Å²) in [6.07, 6.45) is 1.61. The van der Waals surface area contributed by atoms with E-state index in [1.807, 2.05) is 6.92 Å². The number of carbonyl (C=O) groups is 1. The number of hydrogen-bond acceptors (Lipinski definition) is 5. The van der Waals surface area contributed by atoms with Crippen molar-refractivity contribution in [3.63, 3.8) is 0 Å². The highest BCUT2D eigenvalue weighted by Gasteiger charge is 2.26. The van der Waals surface area contributed by atoms with Crippen LogP contribution in [0.1, 0.15) is 30.4 Å². The summed E-state index contributed by atoms with van der Waals surface area (Å²) in [5.41, 5.74) is 1.70. The molecule has 0 saturated carbocycles. The number of benzene rings is 2. The van der Waals surface area contributed by atoms with E-state index in [-0.39, 0.29) is 34.4 Å². The van der Waals surface area contributed by atoms with Crippen LogP contribution in [0.15, 0.2) is 58.3 Å². The minimum atomic E-state index is -3.52. The Morgan fingerprint density at radius 3 is 2.07 bits per heavy atom. The Kier molecular flexibility index (Phi) is 6.95. The van der Waals surface area contributed by atoms with Crippen molar-refractivity contribution in [1.82, 2.24) is 9.62 Å². The van der Waals surface area contributed by atoms with Crippen molar-refractivity contribution >= 4 is 25.8 Å². The van der Waals surface area contributed by atoms with E-state index >= 15 is 0 Å². The van der Waals surface area contributed by atoms with E-state index in [2.05, 4.69) is 5.32 Å². The van der Waals surface area contributed by atoms with Crippen LogP contribution in [-0.4, -0.2) is 45.9 Å². The van der Waals surface area contributed by atoms with Gasteiger partial charge in [-0.05, 0) is 49.6 Å². The van der Waals surface area contributed by atoms with Gasteiger partial charge in [0.25, 0.3) is 0 Å². The number of carbonyl (C=O) groups excluding carboxylic acids is 1. The first-order valence-electron chi connectivity index (χ1n) is 9.84. The lowest BCUT2D eigenvalue weighted by molar-refractivity contribution is -0.120. The molecule has 2 aromatic carbocycles. The predicted octanol–water partition coefficient (Wildman–Crippen LogP) is 2.26. The lowest BCUT2D eigenvalue weighted by atomic mass is 10.2. The Hall–Kier alpha value is -2.23. The van der Waals surface area contributed by atoms with Crippen LogP contribution in [0.5, 0.6) is 0 Å². The standard InChI is InChI=1S/C21H26N2O5S2/c1-17-4-8-19(9-5-17)29(25,26)15-12-21(24)22-16-18-6-10-20(11-7-18)30(27,28)23-13-2-3-14-23/h4-11H,2-3,12-16H2,1H3,(H,22,24). The van der Waals surface area contributed by atoms with Gasteiger partial charge in [0.05, 0.1) is 15.5 Å². The highest BCUT2D eigenvalue weighted by Crippen LogP contribution is 2.21. The molecule has 2 aromatic rings. The van der Waals surface area contributed by atoms with Gasteiger partial charge in [0.15, 0.2) is 9.84 Å². The fourth-order valence-corrected chi connectivity index (χ4v) is 5.99. The molecule has 0 aromatic heterocycles. The molecule has 1 aliphatic rings. The second-order valence-electron chi connectivity index (χ2n) is 7.41. The first kappa shape index (κ1) is 22.5. The van der Waals surface area contributed by atoms with Crippen molar-refractivity contribution in [2.24, 2.45) is 0 Å². The van der Waals surface area contributed by atoms with Crippen LogP contribution < -0.4 is 5.32 Å². The zero-order chi connectivity index (χ0) is 21.8. The minimum Gasteiger partial charge on any atom is -0.352 e. The van der Waals surface area contributed by atoms with E-state index in [9.17, 15) is 21.6 Å². The predicted molar refractivity (Wildman–Crippen MR) is 114 cm³/mol. The molecule has 7 nitrogen and oxygen atoms in total. The van der Waals surface area contributed by atoms with Gasteiger partial charge in [-0.1, -0.05) is 29.8 Å². The van der Waals surface area contributed by atoms with Crippen molar-refractivity contribution in [2.45, 2.75) is 42.5 Å². The van der Waals surface area contributed by atoms with Crippen molar-refractivity contribution < 1.29 is 21.6 Å². The maximum absolute atomic E-state index is 12.5. The maximum Gasteiger partial charge on any atom is 0.243 e. The summed E-state index contributed by atoms with van der Waals surface area (Å²) < 4.78 is 51.2. The summed E-state index contributed by atoms with van der Waals surface area (Å²) in [6, 6.07) is 12.9. The number of aryl methyl sites for hydroxylation is 1. The quantitative estimate of drug-likeness (QED) is 0.665. The van der Waals surface area contributed by atoms with Gasteiger partial charge in [0.1, 0.15) is 0 Å². The smallest absolute Gasteiger partial charge is 0.243 e. The van der Waals surface area contributed by atoms with E-state index in [1.165, 1.54) is 16.4 Å². The van der Waals surface area contributed by atoms with E-state index in [0.717, 1.165) is 24.0 Å². The average Bonchev–Trinajstić information content (AvgIpc) is 3.27. The molecule has 0 spiro atoms. The summed E-state index contributed by atoms with van der Waals surface area (Å²) in [7, 11) is -6.98. The number of sulfonamides is 1. The lowest BCUT2D eigenvalue weighted by Gasteiger charge is -2.15. The second kappa shape index (κ2) is 9.28. The third-order valence-electron chi connectivity index (χ3n) is 5.09. The van der Waals surface area contributed by atoms with Gasteiger partial charge in [-0.25, -0.2) is 16.8 Å². The fraction of sp³-hybridized carbons (Fsp3) is 0.381. The molecule has 0 aliphatic carbocycles. The molecule has 30 heavy (non-hydrogen) atoms. The summed E-state index contributed by atoms with van der Waals surface area (Å²) in [4.78, 5) is 12.5. The van der Waals surface area contributed by atoms with Crippen LogP contribution in [0.2, 0.25) is 0 Å². The van der Waals surface area contributed by atoms with Gasteiger partial charge in [0.2, 0.25) is 15.9 Å². The number of nitrogens with zero attached hydrogens (tertiary/aromatic N) is 1. The molecular formula is C21H26N2O5S2. The maximum atomic E-state index is 12.5. The summed E-state index contributed by atoms with van der Waals surface area (Å²) >= 11 is 0. The molecule has 0 unspecified atom stereocenters. The second-order valence-corrected chi connectivity index (χ2v) is 11.5. The lowest BCUT2D eigenvalue weighted by Crippen LogP contribution is -2.28. The molecular weight excluding hydrogens is 424 g/mol. The molecule has 0 atom stereocenters. The van der Waals surface area contributed by atoms with E-state index in [4.69, 9.17) is 0 Å². The van der Waals surface area contributed by atoms with Crippen molar-refractivity contribution in [1.29, 1.82) is 0 Å². The normalized spacial score (nSPS) is 15.2. The zero-order valence-electron chi connectivity index (χ0n) is 16.9. The van der Waals surface area contributed by atoms with Gasteiger partial charge in [0, 0.05) is 26.1 Å². The number of rotatable bonds is 8. The molecule has 1 amide bonds. The van der Waals surface area contributed by atoms with Crippen LogP contribution in [0.3, 0.4) is 0 Å². The zero-order valence-corrected chi connectivity index (χ0v) is 18.5. The molecule has 0 radical (unpaired) electrons. The van der Waals surface area contributed by atoms with Gasteiger partial charge < -0.3 is 5.32 Å². The van der Waals surface area contributed by atoms with Crippen LogP contribution in [0.4, 0.5) is 0 Å². The Morgan fingerprint density at radius 2 is 1.47 bits per heavy atom. The SMILES string of the molecule is Cc1ccc(S(=O)(=O)CCC(=O)NCc2ccc(S(=O)(=O)N3CCCC3)cc2)cc1. The summed E-state index contributed by atoms with van der Waals surface area (Å²) in [6.45, 7) is 3.17. The highest BCUT2D eigenvalue weighted by atomic mass is 32.2. The number of hydrogen-bond donors (Lipinski definition) is 1. The first-order chi connectivity index (χ1) is 14.2. The van der Waals surface area contributed by atoms with Crippen LogP contribution in [0, 0.1) is 6.92 Å². The van der Waals surface area contributed by atoms with Crippen LogP contribution in [0.25, 0.3) is 0 Å². The van der Waals surface area contributed by atoms with Gasteiger partial charge in [-0.15, -0.1) is 0 Å². The third kappa shape index (κ3) is 5.47. The van der Waals surface area contributed by atoms with Gasteiger partial charge >= 0.3 is 0 Å². The fourth-order valence-electron chi connectivity index (χ4n) is 3.24. The third-order valence-corrected chi connectivity index (χ3v) is 8.74. The average molecular weight is 451 g/mol. The molecule has 1 saturated heterocycles. The molecule has 0 bridgehead atoms. The first-order valence-corrected chi connectivity index (χ1v) is 12.9. The number of sulfone groups is 1. The van der Waals surface area contributed by atoms with Gasteiger partial charge in [-0.2, -0.15) is 4.31 Å². The number of nitrogens with one attached hydrogen (secondary N) is 1. The Morgan fingerprint density at radius 1 is 0.900 bits per heavy atom. The van der Waals surface area contributed by atoms with Gasteiger partial charge in [-0.3, -0.25) is 4.79 Å². The summed E-state index contributed by atoms with van der Waals surface area (Å²) in [5, 5.41) is 2.68. The largest absolute Gasteiger partial charge is 0.352 e. The highest BCUT2D eigenvalue weighted by molar-refractivity contribution is 7.91. The molecule has 1 aliphatic heterocycles. The topological polar surface area (TPSA) is 101 Å². The monoisotopic (exact) mass is 450 g/mol. The minimum absolute atomic E-state index is 0.141. The molecule has 9 heteroatoms. The molecule has 162 valence electrons. The summed E-state index contributed by atoms with van der Waals surface area (Å²) in [5.74, 6) is -0.644. The van der Waals surface area contributed by atoms with Crippen molar-refractivity contribution in [3.8, 4) is 0 Å². The molecule has 1 fully saturated rings. The van der Waals surface area contributed by atoms with Crippen LogP contribution >= 0.6 is 0 Å². The Bertz CT molecular complexity index is 1090. The van der Waals surface area contributed by atoms with E-state index in [0.29, 0.717) is 13.1 Å². The van der Waals surface area contributed by atoms with Crippen LogP contribution in [-0.2, 0) is 31.2 Å². The number of amides is 1. The molecule has 1 heterocycles. The van der Waals surface area contributed by atoms with Crippen molar-refractivity contribution in [3.05, 3.63) is 59.7 Å². The Labute approximate surface area is 178 Å². The molecule has 1 N–H and O–H groups in total. The van der Waals surface area contributed by atoms with E-state index < -0.39 is 19.9 Å². The van der Waals surface area contributed by atoms with Crippen molar-refractivity contribution in [2.75, 3.05) is 18.8 Å². The Balaban J connectivity index is 1.51.